The molecule has 0 saturated carbocycles. The third-order valence-electron chi connectivity index (χ3n) is 2.92. The molecule has 1 aromatic heterocycles. The molecule has 0 fully saturated rings. The summed E-state index contributed by atoms with van der Waals surface area (Å²) in [5.41, 5.74) is 7.39. The minimum absolute atomic E-state index is 0.0470. The zero-order chi connectivity index (χ0) is 13.2. The summed E-state index contributed by atoms with van der Waals surface area (Å²) in [7, 11) is 0. The summed E-state index contributed by atoms with van der Waals surface area (Å²) in [4.78, 5) is 0. The van der Waals surface area contributed by atoms with Gasteiger partial charge in [-0.1, -0.05) is 18.2 Å². The number of halogens is 3. The van der Waals surface area contributed by atoms with Crippen LogP contribution in [0.3, 0.4) is 0 Å². The van der Waals surface area contributed by atoms with E-state index in [1.165, 1.54) is 0 Å². The Hall–Kier alpha value is -1.49. The smallest absolute Gasteiger partial charge is 0.347 e. The number of fused-ring (bicyclic) bond motifs is 1. The van der Waals surface area contributed by atoms with Gasteiger partial charge < -0.3 is 10.3 Å². The normalized spacial score (nSPS) is 12.2. The van der Waals surface area contributed by atoms with Crippen LogP contribution in [-0.2, 0) is 13.0 Å². The van der Waals surface area contributed by atoms with Crippen LogP contribution < -0.4 is 5.73 Å². The van der Waals surface area contributed by atoms with E-state index in [1.54, 1.807) is 10.8 Å². The van der Waals surface area contributed by atoms with E-state index in [-0.39, 0.29) is 6.54 Å². The number of hydrogen-bond acceptors (Lipinski definition) is 1. The highest BCUT2D eigenvalue weighted by Gasteiger charge is 2.26. The zero-order valence-electron chi connectivity index (χ0n) is 9.87. The summed E-state index contributed by atoms with van der Waals surface area (Å²) >= 11 is 0. The maximum Gasteiger partial charge on any atom is 0.390 e. The Morgan fingerprint density at radius 3 is 2.61 bits per heavy atom. The highest BCUT2D eigenvalue weighted by Crippen LogP contribution is 2.25. The fourth-order valence-corrected chi connectivity index (χ4v) is 2.13. The summed E-state index contributed by atoms with van der Waals surface area (Å²) in [6, 6.07) is 7.56. The van der Waals surface area contributed by atoms with Crippen molar-refractivity contribution in [3.63, 3.8) is 0 Å². The topological polar surface area (TPSA) is 30.9 Å². The van der Waals surface area contributed by atoms with Gasteiger partial charge in [-0.2, -0.15) is 13.2 Å². The third kappa shape index (κ3) is 2.85. The van der Waals surface area contributed by atoms with Crippen molar-refractivity contribution in [1.82, 2.24) is 4.57 Å². The number of aryl methyl sites for hydroxylation is 1. The van der Waals surface area contributed by atoms with Crippen LogP contribution in [0.2, 0.25) is 0 Å². The van der Waals surface area contributed by atoms with E-state index in [1.807, 2.05) is 24.3 Å². The van der Waals surface area contributed by atoms with Crippen molar-refractivity contribution in [3.8, 4) is 0 Å². The Bertz CT molecular complexity index is 529. The SMILES string of the molecule is NCCc1cccc2ccn(CCC(F)(F)F)c12. The van der Waals surface area contributed by atoms with Crippen molar-refractivity contribution >= 4 is 10.9 Å². The Balaban J connectivity index is 2.33. The fraction of sp³-hybridized carbons (Fsp3) is 0.385. The molecule has 0 saturated heterocycles. The van der Waals surface area contributed by atoms with Crippen LogP contribution in [0.5, 0.6) is 0 Å². The molecule has 2 rings (SSSR count). The molecule has 2 aromatic rings. The van der Waals surface area contributed by atoms with E-state index >= 15 is 0 Å². The number of hydrogen-bond donors (Lipinski definition) is 1. The lowest BCUT2D eigenvalue weighted by Crippen LogP contribution is -2.12. The van der Waals surface area contributed by atoms with Gasteiger partial charge in [-0.3, -0.25) is 0 Å². The molecule has 98 valence electrons. The predicted octanol–water partition coefficient (Wildman–Crippen LogP) is 3.09. The van der Waals surface area contributed by atoms with Gasteiger partial charge in [0.15, 0.2) is 0 Å². The zero-order valence-corrected chi connectivity index (χ0v) is 9.87. The maximum atomic E-state index is 12.3. The predicted molar refractivity (Wildman–Crippen MR) is 65.4 cm³/mol. The summed E-state index contributed by atoms with van der Waals surface area (Å²) in [6.45, 7) is 0.443. The molecule has 0 atom stereocenters. The lowest BCUT2D eigenvalue weighted by atomic mass is 10.1. The van der Waals surface area contributed by atoms with Gasteiger partial charge in [0.2, 0.25) is 0 Å². The number of para-hydroxylation sites is 1. The maximum absolute atomic E-state index is 12.3. The second-order valence-electron chi connectivity index (χ2n) is 4.27. The first-order valence-electron chi connectivity index (χ1n) is 5.85. The molecule has 0 amide bonds. The van der Waals surface area contributed by atoms with Crippen LogP contribution in [0.4, 0.5) is 13.2 Å². The quantitative estimate of drug-likeness (QED) is 0.895. The fourth-order valence-electron chi connectivity index (χ4n) is 2.13. The van der Waals surface area contributed by atoms with Gasteiger partial charge in [0.1, 0.15) is 0 Å². The van der Waals surface area contributed by atoms with Crippen molar-refractivity contribution in [3.05, 3.63) is 36.0 Å². The molecule has 0 aliphatic carbocycles. The molecule has 0 unspecified atom stereocenters. The summed E-state index contributed by atoms with van der Waals surface area (Å²) < 4.78 is 38.4. The molecule has 0 radical (unpaired) electrons. The summed E-state index contributed by atoms with van der Waals surface area (Å²) in [5.74, 6) is 0. The number of benzene rings is 1. The molecular formula is C13H15F3N2. The molecule has 0 aliphatic heterocycles. The second kappa shape index (κ2) is 5.02. The molecule has 1 heterocycles. The lowest BCUT2D eigenvalue weighted by molar-refractivity contribution is -0.136. The van der Waals surface area contributed by atoms with Gasteiger partial charge in [0.25, 0.3) is 0 Å². The van der Waals surface area contributed by atoms with Crippen molar-refractivity contribution in [1.29, 1.82) is 0 Å². The highest BCUT2D eigenvalue weighted by molar-refractivity contribution is 5.83. The van der Waals surface area contributed by atoms with Gasteiger partial charge in [-0.05, 0) is 30.0 Å². The third-order valence-corrected chi connectivity index (χ3v) is 2.92. The van der Waals surface area contributed by atoms with E-state index in [9.17, 15) is 13.2 Å². The van der Waals surface area contributed by atoms with Gasteiger partial charge in [-0.25, -0.2) is 0 Å². The molecule has 18 heavy (non-hydrogen) atoms. The van der Waals surface area contributed by atoms with E-state index in [0.717, 1.165) is 16.5 Å². The first kappa shape index (κ1) is 13.0. The minimum atomic E-state index is -4.13. The Kier molecular flexibility index (Phi) is 3.61. The largest absolute Gasteiger partial charge is 0.390 e. The average Bonchev–Trinajstić information content (AvgIpc) is 2.70. The van der Waals surface area contributed by atoms with E-state index in [4.69, 9.17) is 5.73 Å². The van der Waals surface area contributed by atoms with Crippen LogP contribution in [0, 0.1) is 0 Å². The highest BCUT2D eigenvalue weighted by atomic mass is 19.4. The number of alkyl halides is 3. The summed E-state index contributed by atoms with van der Waals surface area (Å²) in [5, 5.41) is 0.961. The molecular weight excluding hydrogens is 241 g/mol. The monoisotopic (exact) mass is 256 g/mol. The van der Waals surface area contributed by atoms with Crippen molar-refractivity contribution in [2.75, 3.05) is 6.54 Å². The van der Waals surface area contributed by atoms with Gasteiger partial charge in [0.05, 0.1) is 11.9 Å². The molecule has 0 aliphatic rings. The number of rotatable bonds is 4. The van der Waals surface area contributed by atoms with Crippen LogP contribution in [0.1, 0.15) is 12.0 Å². The van der Waals surface area contributed by atoms with Gasteiger partial charge in [0, 0.05) is 12.7 Å². The Labute approximate surface area is 103 Å². The first-order chi connectivity index (χ1) is 8.51. The number of aromatic nitrogens is 1. The van der Waals surface area contributed by atoms with Crippen LogP contribution >= 0.6 is 0 Å². The second-order valence-corrected chi connectivity index (χ2v) is 4.27. The van der Waals surface area contributed by atoms with Crippen LogP contribution in [-0.4, -0.2) is 17.3 Å². The summed E-state index contributed by atoms with van der Waals surface area (Å²) in [6.07, 6.45) is -2.56. The van der Waals surface area contributed by atoms with E-state index in [2.05, 4.69) is 0 Å². The number of nitrogens with zero attached hydrogens (tertiary/aromatic N) is 1. The van der Waals surface area contributed by atoms with Crippen molar-refractivity contribution < 1.29 is 13.2 Å². The first-order valence-corrected chi connectivity index (χ1v) is 5.85. The standard InChI is InChI=1S/C13H15F3N2/c14-13(15,16)6-9-18-8-5-11-3-1-2-10(4-7-17)12(11)18/h1-3,5,8H,4,6-7,9,17H2. The minimum Gasteiger partial charge on any atom is -0.347 e. The molecule has 1 aromatic carbocycles. The van der Waals surface area contributed by atoms with Crippen LogP contribution in [0.25, 0.3) is 10.9 Å². The molecule has 0 bridgehead atoms. The average molecular weight is 256 g/mol. The molecule has 5 heteroatoms. The molecule has 2 nitrogen and oxygen atoms in total. The molecule has 0 spiro atoms. The van der Waals surface area contributed by atoms with Crippen molar-refractivity contribution in [2.45, 2.75) is 25.6 Å². The van der Waals surface area contributed by atoms with Gasteiger partial charge >= 0.3 is 6.18 Å². The van der Waals surface area contributed by atoms with Crippen molar-refractivity contribution in [2.24, 2.45) is 5.73 Å². The van der Waals surface area contributed by atoms with Gasteiger partial charge in [-0.15, -0.1) is 0 Å². The number of nitrogens with two attached hydrogens (primary N) is 1. The van der Waals surface area contributed by atoms with E-state index < -0.39 is 12.6 Å². The Morgan fingerprint density at radius 1 is 1.17 bits per heavy atom. The molecule has 2 N–H and O–H groups in total. The lowest BCUT2D eigenvalue weighted by Gasteiger charge is -2.11. The van der Waals surface area contributed by atoms with Crippen LogP contribution in [0.15, 0.2) is 30.5 Å². The Morgan fingerprint density at radius 2 is 1.94 bits per heavy atom. The van der Waals surface area contributed by atoms with E-state index in [0.29, 0.717) is 13.0 Å².